The Labute approximate surface area is 194 Å². The van der Waals surface area contributed by atoms with Crippen molar-refractivity contribution >= 4 is 23.3 Å². The molecule has 0 bridgehead atoms. The number of ether oxygens (including phenoxy) is 2. The van der Waals surface area contributed by atoms with Crippen LogP contribution < -0.4 is 20.1 Å². The van der Waals surface area contributed by atoms with Crippen molar-refractivity contribution in [1.82, 2.24) is 15.5 Å². The molecule has 5 rings (SSSR count). The monoisotopic (exact) mass is 462 g/mol. The lowest BCUT2D eigenvalue weighted by Crippen LogP contribution is -2.33. The van der Waals surface area contributed by atoms with Gasteiger partial charge >= 0.3 is 6.03 Å². The van der Waals surface area contributed by atoms with Gasteiger partial charge in [-0.3, -0.25) is 0 Å². The molecule has 166 valence electrons. The molecule has 9 heteroatoms. The minimum absolute atomic E-state index is 0.230. The first kappa shape index (κ1) is 20.8. The highest BCUT2D eigenvalue weighted by molar-refractivity contribution is 6.33. The Morgan fingerprint density at radius 1 is 0.909 bits per heavy atom. The smallest absolute Gasteiger partial charge is 0.320 e. The number of carbonyl (C=O) groups excluding carboxylic acids is 1. The standard InChI is InChI=1S/C24H19ClN4O4/c25-18-9-5-4-8-17(18)22-28-29-23(33-22)21(15-6-2-1-3-7-15)27-24(30)26-16-10-11-19-20(14-16)32-13-12-31-19/h1-11,14,21H,12-13H2,(H2,26,27,30)/t21-/m1/s1. The number of aromatic nitrogens is 2. The van der Waals surface area contributed by atoms with Gasteiger partial charge in [-0.15, -0.1) is 10.2 Å². The number of hydrogen-bond donors (Lipinski definition) is 2. The molecule has 3 aromatic carbocycles. The van der Waals surface area contributed by atoms with Crippen LogP contribution in [0.15, 0.2) is 77.2 Å². The summed E-state index contributed by atoms with van der Waals surface area (Å²) in [4.78, 5) is 12.9. The van der Waals surface area contributed by atoms with Crippen LogP contribution in [0.2, 0.25) is 5.02 Å². The second-order valence-electron chi connectivity index (χ2n) is 7.23. The highest BCUT2D eigenvalue weighted by Crippen LogP contribution is 2.33. The molecule has 0 unspecified atom stereocenters. The average Bonchev–Trinajstić information content (AvgIpc) is 3.33. The zero-order chi connectivity index (χ0) is 22.6. The molecule has 2 amide bonds. The Morgan fingerprint density at radius 3 is 2.48 bits per heavy atom. The van der Waals surface area contributed by atoms with Crippen LogP contribution in [-0.4, -0.2) is 29.4 Å². The molecule has 33 heavy (non-hydrogen) atoms. The van der Waals surface area contributed by atoms with Crippen molar-refractivity contribution in [2.45, 2.75) is 6.04 Å². The molecule has 2 heterocycles. The summed E-state index contributed by atoms with van der Waals surface area (Å²) in [6.45, 7) is 0.961. The van der Waals surface area contributed by atoms with Crippen LogP contribution >= 0.6 is 11.6 Å². The lowest BCUT2D eigenvalue weighted by atomic mass is 10.1. The Bertz CT molecular complexity index is 1280. The van der Waals surface area contributed by atoms with Gasteiger partial charge in [0.1, 0.15) is 19.3 Å². The van der Waals surface area contributed by atoms with Gasteiger partial charge in [-0.1, -0.05) is 54.1 Å². The first-order valence-electron chi connectivity index (χ1n) is 10.3. The van der Waals surface area contributed by atoms with E-state index in [0.29, 0.717) is 41.0 Å². The van der Waals surface area contributed by atoms with Crippen LogP contribution in [-0.2, 0) is 0 Å². The highest BCUT2D eigenvalue weighted by Gasteiger charge is 2.24. The van der Waals surface area contributed by atoms with Crippen molar-refractivity contribution in [3.05, 3.63) is 89.3 Å². The fraction of sp³-hybridized carbons (Fsp3) is 0.125. The third kappa shape index (κ3) is 4.61. The number of carbonyl (C=O) groups is 1. The van der Waals surface area contributed by atoms with Crippen molar-refractivity contribution in [2.75, 3.05) is 18.5 Å². The zero-order valence-electron chi connectivity index (χ0n) is 17.3. The number of halogens is 1. The number of anilines is 1. The quantitative estimate of drug-likeness (QED) is 0.429. The predicted molar refractivity (Wildman–Crippen MR) is 123 cm³/mol. The van der Waals surface area contributed by atoms with Crippen molar-refractivity contribution < 1.29 is 18.7 Å². The molecule has 4 aromatic rings. The largest absolute Gasteiger partial charge is 0.486 e. The van der Waals surface area contributed by atoms with Gasteiger partial charge in [0, 0.05) is 11.8 Å². The number of nitrogens with one attached hydrogen (secondary N) is 2. The summed E-state index contributed by atoms with van der Waals surface area (Å²) in [6.07, 6.45) is 0. The third-order valence-corrected chi connectivity index (χ3v) is 5.33. The summed E-state index contributed by atoms with van der Waals surface area (Å²) in [5, 5.41) is 14.5. The van der Waals surface area contributed by atoms with Crippen LogP contribution in [0.25, 0.3) is 11.5 Å². The van der Waals surface area contributed by atoms with E-state index in [1.54, 1.807) is 30.3 Å². The van der Waals surface area contributed by atoms with Gasteiger partial charge in [0.2, 0.25) is 11.8 Å². The van der Waals surface area contributed by atoms with Crippen LogP contribution in [0.3, 0.4) is 0 Å². The van der Waals surface area contributed by atoms with Crippen molar-refractivity contribution in [3.8, 4) is 23.0 Å². The SMILES string of the molecule is O=C(Nc1ccc2c(c1)OCCO2)N[C@H](c1ccccc1)c1nnc(-c2ccccc2Cl)o1. The van der Waals surface area contributed by atoms with Crippen LogP contribution in [0, 0.1) is 0 Å². The van der Waals surface area contributed by atoms with E-state index in [2.05, 4.69) is 20.8 Å². The van der Waals surface area contributed by atoms with Crippen LogP contribution in [0.4, 0.5) is 10.5 Å². The molecular weight excluding hydrogens is 444 g/mol. The zero-order valence-corrected chi connectivity index (χ0v) is 18.1. The first-order chi connectivity index (χ1) is 16.2. The topological polar surface area (TPSA) is 98.5 Å². The van der Waals surface area contributed by atoms with E-state index in [9.17, 15) is 4.79 Å². The maximum Gasteiger partial charge on any atom is 0.320 e. The minimum atomic E-state index is -0.674. The third-order valence-electron chi connectivity index (χ3n) is 5.00. The van der Waals surface area contributed by atoms with Gasteiger partial charge in [0.25, 0.3) is 0 Å². The van der Waals surface area contributed by atoms with Crippen molar-refractivity contribution in [2.24, 2.45) is 0 Å². The van der Waals surface area contributed by atoms with E-state index in [4.69, 9.17) is 25.5 Å². The molecule has 1 aliphatic heterocycles. The number of rotatable bonds is 5. The molecular formula is C24H19ClN4O4. The molecule has 8 nitrogen and oxygen atoms in total. The average molecular weight is 463 g/mol. The summed E-state index contributed by atoms with van der Waals surface area (Å²) < 4.78 is 17.0. The molecule has 1 aromatic heterocycles. The summed E-state index contributed by atoms with van der Waals surface area (Å²) in [5.41, 5.74) is 1.96. The molecule has 1 atom stereocenters. The Hall–Kier alpha value is -4.04. The van der Waals surface area contributed by atoms with E-state index in [1.807, 2.05) is 42.5 Å². The van der Waals surface area contributed by atoms with E-state index in [0.717, 1.165) is 5.56 Å². The molecule has 0 saturated heterocycles. The predicted octanol–water partition coefficient (Wildman–Crippen LogP) is 5.07. The summed E-state index contributed by atoms with van der Waals surface area (Å²) >= 11 is 6.26. The molecule has 0 fully saturated rings. The number of fused-ring (bicyclic) bond motifs is 1. The number of nitrogens with zero attached hydrogens (tertiary/aromatic N) is 2. The van der Waals surface area contributed by atoms with Gasteiger partial charge in [-0.05, 0) is 29.8 Å². The Balaban J connectivity index is 1.39. The van der Waals surface area contributed by atoms with Gasteiger partial charge < -0.3 is 24.5 Å². The number of urea groups is 1. The van der Waals surface area contributed by atoms with Crippen LogP contribution in [0.1, 0.15) is 17.5 Å². The number of hydrogen-bond acceptors (Lipinski definition) is 6. The lowest BCUT2D eigenvalue weighted by Gasteiger charge is -2.20. The highest BCUT2D eigenvalue weighted by atomic mass is 35.5. The first-order valence-corrected chi connectivity index (χ1v) is 10.7. The van der Waals surface area contributed by atoms with E-state index < -0.39 is 12.1 Å². The molecule has 0 radical (unpaired) electrons. The van der Waals surface area contributed by atoms with E-state index in [1.165, 1.54) is 0 Å². The second-order valence-corrected chi connectivity index (χ2v) is 7.63. The van der Waals surface area contributed by atoms with E-state index >= 15 is 0 Å². The van der Waals surface area contributed by atoms with Gasteiger partial charge in [-0.25, -0.2) is 4.79 Å². The van der Waals surface area contributed by atoms with Crippen LogP contribution in [0.5, 0.6) is 11.5 Å². The van der Waals surface area contributed by atoms with Gasteiger partial charge in [-0.2, -0.15) is 0 Å². The normalized spacial score (nSPS) is 13.2. The molecule has 2 N–H and O–H groups in total. The Kier molecular flexibility index (Phi) is 5.82. The van der Waals surface area contributed by atoms with E-state index in [-0.39, 0.29) is 11.8 Å². The molecule has 1 aliphatic rings. The van der Waals surface area contributed by atoms with Gasteiger partial charge in [0.05, 0.1) is 10.6 Å². The number of benzene rings is 3. The fourth-order valence-electron chi connectivity index (χ4n) is 3.45. The second kappa shape index (κ2) is 9.22. The Morgan fingerprint density at radius 2 is 1.67 bits per heavy atom. The fourth-order valence-corrected chi connectivity index (χ4v) is 3.66. The number of amides is 2. The molecule has 0 spiro atoms. The van der Waals surface area contributed by atoms with Crippen molar-refractivity contribution in [3.63, 3.8) is 0 Å². The molecule has 0 saturated carbocycles. The maximum absolute atomic E-state index is 12.9. The lowest BCUT2D eigenvalue weighted by molar-refractivity contribution is 0.171. The summed E-state index contributed by atoms with van der Waals surface area (Å²) in [7, 11) is 0. The summed E-state index contributed by atoms with van der Waals surface area (Å²) in [6, 6.07) is 20.6. The van der Waals surface area contributed by atoms with Crippen molar-refractivity contribution in [1.29, 1.82) is 0 Å². The maximum atomic E-state index is 12.9. The minimum Gasteiger partial charge on any atom is -0.486 e. The van der Waals surface area contributed by atoms with Gasteiger partial charge in [0.15, 0.2) is 11.5 Å². The molecule has 0 aliphatic carbocycles. The summed E-state index contributed by atoms with van der Waals surface area (Å²) in [5.74, 6) is 1.73.